The van der Waals surface area contributed by atoms with Gasteiger partial charge in [-0.05, 0) is 90.0 Å². The maximum Gasteiger partial charge on any atom is 0.102 e. The first kappa shape index (κ1) is 35.5. The average molecular weight is 573 g/mol. The predicted molar refractivity (Wildman–Crippen MR) is 184 cm³/mol. The Bertz CT molecular complexity index is 1230. The van der Waals surface area contributed by atoms with Gasteiger partial charge in [-0.15, -0.1) is 0 Å². The quantitative estimate of drug-likeness (QED) is 0.191. The van der Waals surface area contributed by atoms with Gasteiger partial charge in [0.2, 0.25) is 0 Å². The van der Waals surface area contributed by atoms with Crippen molar-refractivity contribution >= 4 is 0 Å². The molecule has 2 unspecified atom stereocenters. The van der Waals surface area contributed by atoms with Crippen LogP contribution >= 0.6 is 0 Å². The SMILES string of the molecule is CC1=CCCC(C)(C)[C@H]1/C=C/C(C)=C/C=C/C(C)=C/C([17OH])C([17OH])/C=C(C)/C=C/C=C(C)/C=C/C1=C(C)CCCC1(C)C. The number of aliphatic hydroxyl groups is 2. The minimum Gasteiger partial charge on any atom is -0.386 e. The monoisotopic (exact) mass is 572 g/mol. The highest BCUT2D eigenvalue weighted by Crippen LogP contribution is 2.42. The van der Waals surface area contributed by atoms with Crippen molar-refractivity contribution in [3.8, 4) is 0 Å². The van der Waals surface area contributed by atoms with E-state index in [0.29, 0.717) is 11.3 Å². The summed E-state index contributed by atoms with van der Waals surface area (Å²) < 4.78 is 0. The maximum absolute atomic E-state index is 10.5. The van der Waals surface area contributed by atoms with Gasteiger partial charge in [0, 0.05) is 5.92 Å². The van der Waals surface area contributed by atoms with Crippen molar-refractivity contribution in [1.82, 2.24) is 0 Å². The van der Waals surface area contributed by atoms with E-state index in [-0.39, 0.29) is 5.41 Å². The van der Waals surface area contributed by atoms with E-state index in [9.17, 15) is 10.2 Å². The van der Waals surface area contributed by atoms with Crippen LogP contribution in [0, 0.1) is 16.7 Å². The van der Waals surface area contributed by atoms with Gasteiger partial charge in [0.05, 0.1) is 0 Å². The van der Waals surface area contributed by atoms with Gasteiger partial charge in [0.15, 0.2) is 0 Å². The molecule has 230 valence electrons. The standard InChI is InChI=1S/C40H58O2/c1-29(21-23-35-33(5)19-13-25-39(35,7)8)15-11-17-31(3)27-37(41)38(42)28-32(4)18-12-16-30(2)22-24-36-34(6)20-14-26-40(36,9)10/h11-12,15-19,21-24,27-28,35,37-38,41-42H,13-14,20,25-26H2,1-10H3/b17-11+,18-12+,23-21+,24-22+,29-15+,30-16+,31-27+,32-28+/t35-,37?,38?/m0/s1/i41+1,42+1. The molecule has 3 atom stereocenters. The summed E-state index contributed by atoms with van der Waals surface area (Å²) in [5, 5.41) is 21.1. The number of aliphatic hydroxyl groups excluding tert-OH is 2. The molecule has 0 saturated heterocycles. The highest BCUT2D eigenvalue weighted by Gasteiger charge is 2.30. The van der Waals surface area contributed by atoms with Crippen LogP contribution in [-0.4, -0.2) is 22.4 Å². The van der Waals surface area contributed by atoms with Gasteiger partial charge in [0.1, 0.15) is 12.2 Å². The molecule has 0 aliphatic heterocycles. The summed E-state index contributed by atoms with van der Waals surface area (Å²) in [6, 6.07) is 0. The van der Waals surface area contributed by atoms with Crippen molar-refractivity contribution in [2.45, 2.75) is 114 Å². The Morgan fingerprint density at radius 1 is 0.786 bits per heavy atom. The lowest BCUT2D eigenvalue weighted by Crippen LogP contribution is -2.26. The smallest absolute Gasteiger partial charge is 0.102 e. The van der Waals surface area contributed by atoms with Crippen LogP contribution in [0.25, 0.3) is 0 Å². The largest absolute Gasteiger partial charge is 0.386 e. The van der Waals surface area contributed by atoms with Gasteiger partial charge in [-0.1, -0.05) is 140 Å². The number of rotatable bonds is 11. The van der Waals surface area contributed by atoms with Crippen molar-refractivity contribution in [1.29, 1.82) is 0 Å². The molecule has 0 amide bonds. The van der Waals surface area contributed by atoms with Crippen LogP contribution in [0.5, 0.6) is 0 Å². The molecule has 2 N–H and O–H groups in total. The topological polar surface area (TPSA) is 40.5 Å². The van der Waals surface area contributed by atoms with Crippen molar-refractivity contribution in [3.63, 3.8) is 0 Å². The summed E-state index contributed by atoms with van der Waals surface area (Å²) >= 11 is 0. The summed E-state index contributed by atoms with van der Waals surface area (Å²) in [5.74, 6) is 0.473. The normalized spacial score (nSPS) is 24.4. The van der Waals surface area contributed by atoms with E-state index in [0.717, 1.165) is 11.1 Å². The minimum atomic E-state index is -0.971. The van der Waals surface area contributed by atoms with Gasteiger partial charge in [-0.25, -0.2) is 0 Å². The van der Waals surface area contributed by atoms with E-state index in [2.05, 4.69) is 97.9 Å². The minimum absolute atomic E-state index is 0.240. The van der Waals surface area contributed by atoms with Crippen LogP contribution in [0.4, 0.5) is 0 Å². The Balaban J connectivity index is 1.94. The van der Waals surface area contributed by atoms with Gasteiger partial charge in [-0.2, -0.15) is 0 Å². The molecule has 0 radical (unpaired) electrons. The van der Waals surface area contributed by atoms with Crippen molar-refractivity contribution in [2.75, 3.05) is 0 Å². The Kier molecular flexibility index (Phi) is 13.7. The molecule has 0 saturated carbocycles. The Morgan fingerprint density at radius 3 is 1.86 bits per heavy atom. The van der Waals surface area contributed by atoms with Gasteiger partial charge < -0.3 is 10.2 Å². The fourth-order valence-corrected chi connectivity index (χ4v) is 6.12. The third kappa shape index (κ3) is 11.5. The lowest BCUT2D eigenvalue weighted by atomic mass is 9.68. The van der Waals surface area contributed by atoms with Gasteiger partial charge >= 0.3 is 0 Å². The van der Waals surface area contributed by atoms with E-state index >= 15 is 0 Å². The van der Waals surface area contributed by atoms with E-state index in [1.807, 2.05) is 38.2 Å². The van der Waals surface area contributed by atoms with Crippen molar-refractivity contribution < 1.29 is 10.2 Å². The van der Waals surface area contributed by atoms with Crippen LogP contribution in [0.1, 0.15) is 101 Å². The van der Waals surface area contributed by atoms with Crippen LogP contribution in [-0.2, 0) is 0 Å². The molecule has 2 aliphatic carbocycles. The predicted octanol–water partition coefficient (Wildman–Crippen LogP) is 10.6. The molecule has 0 bridgehead atoms. The van der Waals surface area contributed by atoms with Gasteiger partial charge in [0.25, 0.3) is 0 Å². The number of hydrogen-bond donors (Lipinski definition) is 2. The molecule has 2 aliphatic rings. The number of hydrogen-bond acceptors (Lipinski definition) is 2. The van der Waals surface area contributed by atoms with Crippen LogP contribution in [0.3, 0.4) is 0 Å². The fraction of sp³-hybridized carbons (Fsp3) is 0.500. The Labute approximate surface area is 258 Å². The van der Waals surface area contributed by atoms with E-state index in [1.54, 1.807) is 12.2 Å². The molecule has 0 aromatic rings. The van der Waals surface area contributed by atoms with Crippen LogP contribution in [0.2, 0.25) is 0 Å². The molecule has 2 heteroatoms. The first-order valence-corrected chi connectivity index (χ1v) is 15.8. The number of allylic oxidation sites excluding steroid dienone is 18. The lowest BCUT2D eigenvalue weighted by molar-refractivity contribution is 0.0801. The second kappa shape index (κ2) is 16.2. The molecule has 0 spiro atoms. The average Bonchev–Trinajstić information content (AvgIpc) is 2.87. The molecule has 0 aromatic heterocycles. The molecule has 2 rings (SSSR count). The Hall–Kier alpha value is -2.68. The molecule has 2 nitrogen and oxygen atoms in total. The maximum atomic E-state index is 10.5. The molecular formula is C40H58O2. The summed E-state index contributed by atoms with van der Waals surface area (Å²) in [6.07, 6.45) is 31.0. The summed E-state index contributed by atoms with van der Waals surface area (Å²) in [6.45, 7) is 22.0. The van der Waals surface area contributed by atoms with Crippen LogP contribution < -0.4 is 0 Å². The van der Waals surface area contributed by atoms with Crippen molar-refractivity contribution in [2.24, 2.45) is 16.7 Å². The third-order valence-corrected chi connectivity index (χ3v) is 8.85. The second-order valence-electron chi connectivity index (χ2n) is 13.9. The molecule has 0 fully saturated rings. The van der Waals surface area contributed by atoms with E-state index in [1.165, 1.54) is 60.0 Å². The first-order chi connectivity index (χ1) is 19.6. The molecule has 0 aromatic carbocycles. The molecule has 0 heterocycles. The zero-order valence-electron chi connectivity index (χ0n) is 28.2. The highest BCUT2D eigenvalue weighted by atomic mass is 17.2. The third-order valence-electron chi connectivity index (χ3n) is 8.85. The molecule has 42 heavy (non-hydrogen) atoms. The molecular weight excluding hydrogens is 514 g/mol. The Morgan fingerprint density at radius 2 is 1.33 bits per heavy atom. The first-order valence-electron chi connectivity index (χ1n) is 15.8. The summed E-state index contributed by atoms with van der Waals surface area (Å²) in [5.41, 5.74) is 9.13. The summed E-state index contributed by atoms with van der Waals surface area (Å²) in [7, 11) is 0. The highest BCUT2D eigenvalue weighted by molar-refractivity contribution is 5.37. The van der Waals surface area contributed by atoms with E-state index < -0.39 is 12.2 Å². The zero-order chi connectivity index (χ0) is 31.5. The zero-order valence-corrected chi connectivity index (χ0v) is 28.2. The van der Waals surface area contributed by atoms with Gasteiger partial charge in [-0.3, -0.25) is 0 Å². The fourth-order valence-electron chi connectivity index (χ4n) is 6.12. The second-order valence-corrected chi connectivity index (χ2v) is 13.9. The van der Waals surface area contributed by atoms with E-state index in [4.69, 9.17) is 0 Å². The van der Waals surface area contributed by atoms with Crippen molar-refractivity contribution in [3.05, 3.63) is 118 Å². The van der Waals surface area contributed by atoms with Crippen LogP contribution in [0.15, 0.2) is 118 Å². The lowest BCUT2D eigenvalue weighted by Gasteiger charge is -2.36. The summed E-state index contributed by atoms with van der Waals surface area (Å²) in [4.78, 5) is 0.